The molecule has 0 bridgehead atoms. The monoisotopic (exact) mass is 212 g/mol. The van der Waals surface area contributed by atoms with Crippen LogP contribution in [0.2, 0.25) is 5.02 Å². The number of hydrogen-bond acceptors (Lipinski definition) is 2. The Morgan fingerprint density at radius 1 is 1.43 bits per heavy atom. The van der Waals surface area contributed by atoms with E-state index in [0.29, 0.717) is 11.1 Å². The van der Waals surface area contributed by atoms with Crippen LogP contribution in [0, 0.1) is 0 Å². The summed E-state index contributed by atoms with van der Waals surface area (Å²) < 4.78 is 0. The van der Waals surface area contributed by atoms with E-state index in [-0.39, 0.29) is 0 Å². The molecule has 0 spiro atoms. The maximum absolute atomic E-state index is 5.79. The Kier molecular flexibility index (Phi) is 4.21. The van der Waals surface area contributed by atoms with E-state index < -0.39 is 0 Å². The van der Waals surface area contributed by atoms with Crippen molar-refractivity contribution in [1.29, 1.82) is 0 Å². The molecule has 0 fully saturated rings. The first kappa shape index (κ1) is 11.3. The summed E-state index contributed by atoms with van der Waals surface area (Å²) >= 11 is 5.79. The van der Waals surface area contributed by atoms with E-state index in [2.05, 4.69) is 30.7 Å². The zero-order chi connectivity index (χ0) is 10.6. The molecule has 1 unspecified atom stereocenters. The molecule has 0 aliphatic carbocycles. The van der Waals surface area contributed by atoms with Crippen molar-refractivity contribution >= 4 is 17.4 Å². The van der Waals surface area contributed by atoms with Gasteiger partial charge in [-0.2, -0.15) is 0 Å². The lowest BCUT2D eigenvalue weighted by atomic mass is 10.2. The molecular weight excluding hydrogens is 196 g/mol. The summed E-state index contributed by atoms with van der Waals surface area (Å²) in [5.41, 5.74) is 0. The van der Waals surface area contributed by atoms with E-state index in [9.17, 15) is 0 Å². The predicted molar refractivity (Wildman–Crippen MR) is 62.0 cm³/mol. The van der Waals surface area contributed by atoms with E-state index in [1.165, 1.54) is 0 Å². The van der Waals surface area contributed by atoms with Gasteiger partial charge in [-0.1, -0.05) is 18.5 Å². The molecule has 0 N–H and O–H groups in total. The lowest BCUT2D eigenvalue weighted by Crippen LogP contribution is -2.32. The maximum Gasteiger partial charge on any atom is 0.128 e. The van der Waals surface area contributed by atoms with Gasteiger partial charge >= 0.3 is 0 Å². The SMILES string of the molecule is CCC(C)N(CC)c1ccc(Cl)cn1. The highest BCUT2D eigenvalue weighted by atomic mass is 35.5. The highest BCUT2D eigenvalue weighted by Crippen LogP contribution is 2.17. The van der Waals surface area contributed by atoms with Crippen LogP contribution in [-0.4, -0.2) is 17.6 Å². The quantitative estimate of drug-likeness (QED) is 0.761. The number of rotatable bonds is 4. The van der Waals surface area contributed by atoms with Gasteiger partial charge < -0.3 is 4.90 Å². The molecule has 14 heavy (non-hydrogen) atoms. The van der Waals surface area contributed by atoms with Gasteiger partial charge in [0.05, 0.1) is 5.02 Å². The van der Waals surface area contributed by atoms with Crippen LogP contribution >= 0.6 is 11.6 Å². The van der Waals surface area contributed by atoms with Crippen molar-refractivity contribution in [2.75, 3.05) is 11.4 Å². The lowest BCUT2D eigenvalue weighted by Gasteiger charge is -2.28. The Bertz CT molecular complexity index is 271. The zero-order valence-corrected chi connectivity index (χ0v) is 9.75. The molecule has 0 aliphatic heterocycles. The van der Waals surface area contributed by atoms with Crippen molar-refractivity contribution in [2.24, 2.45) is 0 Å². The third-order valence-corrected chi connectivity index (χ3v) is 2.69. The van der Waals surface area contributed by atoms with Gasteiger partial charge in [-0.25, -0.2) is 4.98 Å². The first-order chi connectivity index (χ1) is 6.69. The summed E-state index contributed by atoms with van der Waals surface area (Å²) in [5, 5.41) is 0.689. The Labute approximate surface area is 90.9 Å². The van der Waals surface area contributed by atoms with Crippen LogP contribution in [0.25, 0.3) is 0 Å². The van der Waals surface area contributed by atoms with Gasteiger partial charge in [-0.3, -0.25) is 0 Å². The minimum Gasteiger partial charge on any atom is -0.354 e. The van der Waals surface area contributed by atoms with Crippen molar-refractivity contribution in [1.82, 2.24) is 4.98 Å². The van der Waals surface area contributed by atoms with Crippen LogP contribution < -0.4 is 4.90 Å². The Morgan fingerprint density at radius 3 is 2.57 bits per heavy atom. The second-order valence-corrected chi connectivity index (χ2v) is 3.81. The van der Waals surface area contributed by atoms with Gasteiger partial charge in [0.25, 0.3) is 0 Å². The Hall–Kier alpha value is -0.760. The summed E-state index contributed by atoms with van der Waals surface area (Å²) in [7, 11) is 0. The van der Waals surface area contributed by atoms with E-state index >= 15 is 0 Å². The normalized spacial score (nSPS) is 12.6. The van der Waals surface area contributed by atoms with Gasteiger partial charge in [0.1, 0.15) is 5.82 Å². The van der Waals surface area contributed by atoms with Gasteiger partial charge in [0.15, 0.2) is 0 Å². The number of nitrogens with zero attached hydrogens (tertiary/aromatic N) is 2. The van der Waals surface area contributed by atoms with Crippen LogP contribution in [0.15, 0.2) is 18.3 Å². The molecule has 0 aliphatic rings. The van der Waals surface area contributed by atoms with E-state index in [1.807, 2.05) is 12.1 Å². The first-order valence-corrected chi connectivity index (χ1v) is 5.45. The van der Waals surface area contributed by atoms with Crippen LogP contribution in [0.5, 0.6) is 0 Å². The summed E-state index contributed by atoms with van der Waals surface area (Å²) in [4.78, 5) is 6.59. The molecule has 0 saturated heterocycles. The molecule has 0 radical (unpaired) electrons. The average Bonchev–Trinajstić information content (AvgIpc) is 2.21. The van der Waals surface area contributed by atoms with E-state index in [4.69, 9.17) is 11.6 Å². The molecule has 1 heterocycles. The Balaban J connectivity index is 2.84. The van der Waals surface area contributed by atoms with Crippen molar-refractivity contribution in [3.8, 4) is 0 Å². The number of anilines is 1. The Morgan fingerprint density at radius 2 is 2.14 bits per heavy atom. The molecule has 1 rings (SSSR count). The molecule has 3 heteroatoms. The number of halogens is 1. The van der Waals surface area contributed by atoms with Crippen LogP contribution in [0.3, 0.4) is 0 Å². The van der Waals surface area contributed by atoms with Crippen molar-refractivity contribution in [2.45, 2.75) is 33.2 Å². The summed E-state index contributed by atoms with van der Waals surface area (Å²) in [6.45, 7) is 7.51. The summed E-state index contributed by atoms with van der Waals surface area (Å²) in [5.74, 6) is 1.01. The minimum absolute atomic E-state index is 0.522. The summed E-state index contributed by atoms with van der Waals surface area (Å²) in [6, 6.07) is 4.38. The fourth-order valence-corrected chi connectivity index (χ4v) is 1.57. The molecule has 1 aromatic rings. The van der Waals surface area contributed by atoms with Crippen LogP contribution in [0.4, 0.5) is 5.82 Å². The van der Waals surface area contributed by atoms with E-state index in [1.54, 1.807) is 6.20 Å². The zero-order valence-electron chi connectivity index (χ0n) is 9.00. The number of pyridine rings is 1. The highest BCUT2D eigenvalue weighted by molar-refractivity contribution is 6.30. The van der Waals surface area contributed by atoms with Crippen molar-refractivity contribution in [3.63, 3.8) is 0 Å². The highest BCUT2D eigenvalue weighted by Gasteiger charge is 2.11. The lowest BCUT2D eigenvalue weighted by molar-refractivity contribution is 0.623. The topological polar surface area (TPSA) is 16.1 Å². The molecule has 0 amide bonds. The van der Waals surface area contributed by atoms with Gasteiger partial charge in [0, 0.05) is 18.8 Å². The maximum atomic E-state index is 5.79. The van der Waals surface area contributed by atoms with E-state index in [0.717, 1.165) is 18.8 Å². The second-order valence-electron chi connectivity index (χ2n) is 3.38. The predicted octanol–water partition coefficient (Wildman–Crippen LogP) is 3.36. The number of aromatic nitrogens is 1. The third-order valence-electron chi connectivity index (χ3n) is 2.47. The molecule has 78 valence electrons. The fourth-order valence-electron chi connectivity index (χ4n) is 1.46. The molecule has 0 saturated carbocycles. The van der Waals surface area contributed by atoms with Gasteiger partial charge in [-0.05, 0) is 32.4 Å². The largest absolute Gasteiger partial charge is 0.354 e. The average molecular weight is 213 g/mol. The number of hydrogen-bond donors (Lipinski definition) is 0. The molecule has 0 aromatic carbocycles. The summed E-state index contributed by atoms with van der Waals surface area (Å²) in [6.07, 6.45) is 2.82. The van der Waals surface area contributed by atoms with Crippen molar-refractivity contribution in [3.05, 3.63) is 23.4 Å². The first-order valence-electron chi connectivity index (χ1n) is 5.07. The van der Waals surface area contributed by atoms with Crippen LogP contribution in [0.1, 0.15) is 27.2 Å². The standard InChI is InChI=1S/C11H17ClN2/c1-4-9(3)14(5-2)11-7-6-10(12)8-13-11/h6-9H,4-5H2,1-3H3. The minimum atomic E-state index is 0.522. The molecule has 2 nitrogen and oxygen atoms in total. The molecule has 1 atom stereocenters. The second kappa shape index (κ2) is 5.20. The van der Waals surface area contributed by atoms with Gasteiger partial charge in [0.2, 0.25) is 0 Å². The van der Waals surface area contributed by atoms with Crippen LogP contribution in [-0.2, 0) is 0 Å². The van der Waals surface area contributed by atoms with Gasteiger partial charge in [-0.15, -0.1) is 0 Å². The fraction of sp³-hybridized carbons (Fsp3) is 0.545. The third kappa shape index (κ3) is 2.61. The van der Waals surface area contributed by atoms with Crippen molar-refractivity contribution < 1.29 is 0 Å². The smallest absolute Gasteiger partial charge is 0.128 e. The molecule has 1 aromatic heterocycles. The molecular formula is C11H17ClN2.